The first-order valence-electron chi connectivity index (χ1n) is 9.84. The highest BCUT2D eigenvalue weighted by atomic mass is 32.2. The lowest BCUT2D eigenvalue weighted by atomic mass is 10.1. The Bertz CT molecular complexity index is 899. The first-order valence-corrected chi connectivity index (χ1v) is 11.3. The van der Waals surface area contributed by atoms with Gasteiger partial charge in [0.25, 0.3) is 5.91 Å². The van der Waals surface area contributed by atoms with E-state index in [1.165, 1.54) is 16.4 Å². The Morgan fingerprint density at radius 2 is 1.83 bits per heavy atom. The summed E-state index contributed by atoms with van der Waals surface area (Å²) in [5, 5.41) is 2.93. The van der Waals surface area contributed by atoms with Gasteiger partial charge in [0.05, 0.1) is 23.4 Å². The van der Waals surface area contributed by atoms with Crippen molar-refractivity contribution in [1.82, 2.24) is 9.62 Å². The van der Waals surface area contributed by atoms with Crippen LogP contribution in [0.15, 0.2) is 52.0 Å². The summed E-state index contributed by atoms with van der Waals surface area (Å²) < 4.78 is 38.1. The minimum Gasteiger partial charge on any atom is -0.469 e. The second kappa shape index (κ2) is 9.11. The van der Waals surface area contributed by atoms with Crippen LogP contribution in [0.4, 0.5) is 0 Å². The maximum atomic E-state index is 12.9. The predicted molar refractivity (Wildman–Crippen MR) is 109 cm³/mol. The number of carbonyl (C=O) groups is 1. The maximum Gasteiger partial charge on any atom is 0.251 e. The van der Waals surface area contributed by atoms with Crippen molar-refractivity contribution in [2.75, 3.05) is 13.1 Å². The molecule has 158 valence electrons. The number of ether oxygens (including phenoxy) is 1. The molecule has 7 nitrogen and oxygen atoms in total. The number of benzene rings is 1. The number of nitrogens with one attached hydrogen (secondary N) is 1. The number of amides is 1. The molecule has 0 bridgehead atoms. The molecule has 0 spiro atoms. The molecule has 29 heavy (non-hydrogen) atoms. The van der Waals surface area contributed by atoms with Gasteiger partial charge in [-0.25, -0.2) is 8.42 Å². The zero-order valence-corrected chi connectivity index (χ0v) is 17.8. The number of morpholine rings is 1. The van der Waals surface area contributed by atoms with Gasteiger partial charge in [-0.05, 0) is 63.6 Å². The Kier molecular flexibility index (Phi) is 6.77. The van der Waals surface area contributed by atoms with Gasteiger partial charge in [0.15, 0.2) is 0 Å². The summed E-state index contributed by atoms with van der Waals surface area (Å²) in [5.74, 6) is 0.655. The SMILES string of the molecule is C[C@@H](CCc1ccco1)NC(=O)c1ccc(S(=O)(=O)N2C[C@H](C)O[C@@H](C)C2)cc1. The lowest BCUT2D eigenvalue weighted by molar-refractivity contribution is -0.0440. The van der Waals surface area contributed by atoms with Crippen molar-refractivity contribution < 1.29 is 22.4 Å². The van der Waals surface area contributed by atoms with E-state index in [1.54, 1.807) is 18.4 Å². The van der Waals surface area contributed by atoms with Gasteiger partial charge in [0, 0.05) is 31.1 Å². The molecular formula is C21H28N2O5S. The number of furan rings is 1. The van der Waals surface area contributed by atoms with E-state index in [9.17, 15) is 13.2 Å². The molecule has 1 saturated heterocycles. The molecule has 1 aliphatic rings. The van der Waals surface area contributed by atoms with Crippen molar-refractivity contribution in [3.8, 4) is 0 Å². The Morgan fingerprint density at radius 1 is 1.17 bits per heavy atom. The van der Waals surface area contributed by atoms with E-state index in [1.807, 2.05) is 32.9 Å². The number of aryl methyl sites for hydroxylation is 1. The molecule has 2 aromatic rings. The van der Waals surface area contributed by atoms with E-state index in [2.05, 4.69) is 5.32 Å². The largest absolute Gasteiger partial charge is 0.469 e. The highest BCUT2D eigenvalue weighted by molar-refractivity contribution is 7.89. The van der Waals surface area contributed by atoms with Crippen LogP contribution in [0.25, 0.3) is 0 Å². The molecule has 3 atom stereocenters. The number of rotatable bonds is 7. The van der Waals surface area contributed by atoms with Gasteiger partial charge >= 0.3 is 0 Å². The second-order valence-electron chi connectivity index (χ2n) is 7.60. The maximum absolute atomic E-state index is 12.9. The molecule has 1 aliphatic heterocycles. The van der Waals surface area contributed by atoms with Crippen LogP contribution in [-0.4, -0.2) is 50.0 Å². The number of hydrogen-bond donors (Lipinski definition) is 1. The number of carbonyl (C=O) groups excluding carboxylic acids is 1. The smallest absolute Gasteiger partial charge is 0.251 e. The van der Waals surface area contributed by atoms with Crippen molar-refractivity contribution in [2.45, 2.75) is 56.8 Å². The fourth-order valence-corrected chi connectivity index (χ4v) is 5.04. The Balaban J connectivity index is 1.60. The lowest BCUT2D eigenvalue weighted by Crippen LogP contribution is -2.48. The minimum absolute atomic E-state index is 0.0349. The van der Waals surface area contributed by atoms with Crippen molar-refractivity contribution in [1.29, 1.82) is 0 Å². The Morgan fingerprint density at radius 3 is 2.41 bits per heavy atom. The highest BCUT2D eigenvalue weighted by Crippen LogP contribution is 2.21. The first-order chi connectivity index (χ1) is 13.8. The molecule has 2 heterocycles. The van der Waals surface area contributed by atoms with Crippen LogP contribution in [0, 0.1) is 0 Å². The molecule has 1 fully saturated rings. The van der Waals surface area contributed by atoms with Crippen LogP contribution in [0.5, 0.6) is 0 Å². The fourth-order valence-electron chi connectivity index (χ4n) is 3.45. The summed E-state index contributed by atoms with van der Waals surface area (Å²) in [6.07, 6.45) is 2.82. The van der Waals surface area contributed by atoms with Crippen molar-refractivity contribution in [2.24, 2.45) is 0 Å². The normalized spacial score (nSPS) is 21.6. The summed E-state index contributed by atoms with van der Waals surface area (Å²) in [7, 11) is -3.62. The molecule has 0 radical (unpaired) electrons. The van der Waals surface area contributed by atoms with Gasteiger partial charge in [0.1, 0.15) is 5.76 Å². The van der Waals surface area contributed by atoms with E-state index in [-0.39, 0.29) is 29.1 Å². The average Bonchev–Trinajstić information content (AvgIpc) is 3.19. The van der Waals surface area contributed by atoms with Crippen molar-refractivity contribution >= 4 is 15.9 Å². The van der Waals surface area contributed by atoms with Gasteiger partial charge in [-0.1, -0.05) is 0 Å². The topological polar surface area (TPSA) is 88.8 Å². The molecule has 0 saturated carbocycles. The van der Waals surface area contributed by atoms with Crippen LogP contribution in [0.2, 0.25) is 0 Å². The van der Waals surface area contributed by atoms with Crippen LogP contribution in [0.1, 0.15) is 43.3 Å². The molecule has 1 aromatic carbocycles. The molecule has 0 aliphatic carbocycles. The third-order valence-electron chi connectivity index (χ3n) is 4.92. The molecule has 0 unspecified atom stereocenters. The summed E-state index contributed by atoms with van der Waals surface area (Å²) in [6, 6.07) is 9.79. The zero-order chi connectivity index (χ0) is 21.0. The van der Waals surface area contributed by atoms with E-state index in [0.717, 1.165) is 18.6 Å². The molecule has 1 aromatic heterocycles. The highest BCUT2D eigenvalue weighted by Gasteiger charge is 2.32. The van der Waals surface area contributed by atoms with Crippen LogP contribution >= 0.6 is 0 Å². The lowest BCUT2D eigenvalue weighted by Gasteiger charge is -2.34. The molecular weight excluding hydrogens is 392 g/mol. The third-order valence-corrected chi connectivity index (χ3v) is 6.77. The van der Waals surface area contributed by atoms with E-state index in [0.29, 0.717) is 18.7 Å². The second-order valence-corrected chi connectivity index (χ2v) is 9.53. The summed E-state index contributed by atoms with van der Waals surface area (Å²) in [5.41, 5.74) is 0.428. The minimum atomic E-state index is -3.62. The summed E-state index contributed by atoms with van der Waals surface area (Å²) in [6.45, 7) is 6.29. The predicted octanol–water partition coefficient (Wildman–Crippen LogP) is 2.83. The fraction of sp³-hybridized carbons (Fsp3) is 0.476. The van der Waals surface area contributed by atoms with Gasteiger partial charge in [-0.15, -0.1) is 0 Å². The Hall–Kier alpha value is -2.16. The molecule has 3 rings (SSSR count). The average molecular weight is 421 g/mol. The third kappa shape index (κ3) is 5.46. The number of hydrogen-bond acceptors (Lipinski definition) is 5. The van der Waals surface area contributed by atoms with E-state index >= 15 is 0 Å². The number of sulfonamides is 1. The van der Waals surface area contributed by atoms with Crippen LogP contribution in [0.3, 0.4) is 0 Å². The standard InChI is InChI=1S/C21H28N2O5S/c1-15(6-9-19-5-4-12-27-19)22-21(24)18-7-10-20(11-8-18)29(25,26)23-13-16(2)28-17(3)14-23/h4-5,7-8,10-12,15-17H,6,9,13-14H2,1-3H3,(H,22,24)/t15-,16-,17-/m0/s1. The first kappa shape index (κ1) is 21.5. The van der Waals surface area contributed by atoms with Crippen LogP contribution < -0.4 is 5.32 Å². The molecule has 8 heteroatoms. The molecule has 1 amide bonds. The number of nitrogens with zero attached hydrogens (tertiary/aromatic N) is 1. The summed E-state index contributed by atoms with van der Waals surface area (Å²) >= 11 is 0. The molecule has 1 N–H and O–H groups in total. The quantitative estimate of drug-likeness (QED) is 0.744. The van der Waals surface area contributed by atoms with Gasteiger partial charge in [-0.3, -0.25) is 4.79 Å². The monoisotopic (exact) mass is 420 g/mol. The van der Waals surface area contributed by atoms with Gasteiger partial charge < -0.3 is 14.5 Å². The van der Waals surface area contributed by atoms with E-state index < -0.39 is 10.0 Å². The van der Waals surface area contributed by atoms with E-state index in [4.69, 9.17) is 9.15 Å². The zero-order valence-electron chi connectivity index (χ0n) is 17.0. The summed E-state index contributed by atoms with van der Waals surface area (Å²) in [4.78, 5) is 12.6. The van der Waals surface area contributed by atoms with Crippen LogP contribution in [-0.2, 0) is 21.2 Å². The van der Waals surface area contributed by atoms with Crippen molar-refractivity contribution in [3.63, 3.8) is 0 Å². The Labute approximate surface area is 172 Å². The van der Waals surface area contributed by atoms with Gasteiger partial charge in [0.2, 0.25) is 10.0 Å². The van der Waals surface area contributed by atoms with Crippen molar-refractivity contribution in [3.05, 3.63) is 54.0 Å². The van der Waals surface area contributed by atoms with Gasteiger partial charge in [-0.2, -0.15) is 4.31 Å².